The SMILES string of the molecule is Oc1ccc([C@H]2c3c(O)cc(O)cc3[C@@H]3c4c(cc(O)cc4[C@H]4[C@@H](c5ccc(O)cc5)c5c(O)cc(O)cc5[C@H]5c6c(cc(O)cc6[C@H]24)O[C@@H]5c2ccc(O)cc2)O[C@H]3c2ccc(O)cc2)cc1. The van der Waals surface area contributed by atoms with Crippen LogP contribution in [0, 0.1) is 0 Å². The average Bonchev–Trinajstić information content (AvgIpc) is 3.87. The summed E-state index contributed by atoms with van der Waals surface area (Å²) in [4.78, 5) is 0. The zero-order valence-electron chi connectivity index (χ0n) is 35.8. The molecule has 2 aliphatic heterocycles. The highest BCUT2D eigenvalue weighted by atomic mass is 16.5. The maximum absolute atomic E-state index is 12.6. The predicted molar refractivity (Wildman–Crippen MR) is 248 cm³/mol. The number of ether oxygens (including phenoxy) is 2. The van der Waals surface area contributed by atoms with Gasteiger partial charge in [-0.2, -0.15) is 0 Å². The molecule has 4 aliphatic rings. The summed E-state index contributed by atoms with van der Waals surface area (Å²) in [7, 11) is 0. The molecular formula is C56H42O12. The van der Waals surface area contributed by atoms with Crippen LogP contribution in [0.3, 0.4) is 0 Å². The maximum Gasteiger partial charge on any atom is 0.135 e. The number of aromatic hydroxyl groups is 10. The highest BCUT2D eigenvalue weighted by molar-refractivity contribution is 5.71. The summed E-state index contributed by atoms with van der Waals surface area (Å²) < 4.78 is 13.8. The van der Waals surface area contributed by atoms with Gasteiger partial charge in [0.25, 0.3) is 0 Å². The van der Waals surface area contributed by atoms with Crippen molar-refractivity contribution in [1.82, 2.24) is 0 Å². The first-order valence-electron chi connectivity index (χ1n) is 22.2. The Bertz CT molecular complexity index is 3110. The van der Waals surface area contributed by atoms with Gasteiger partial charge in [-0.25, -0.2) is 0 Å². The second-order valence-corrected chi connectivity index (χ2v) is 18.2. The highest BCUT2D eigenvalue weighted by Crippen LogP contribution is 2.69. The molecular weight excluding hydrogens is 865 g/mol. The fourth-order valence-corrected chi connectivity index (χ4v) is 12.0. The minimum atomic E-state index is -0.934. The van der Waals surface area contributed by atoms with Gasteiger partial charge in [0.05, 0.1) is 11.8 Å². The zero-order valence-corrected chi connectivity index (χ0v) is 35.8. The number of benzene rings is 8. The Morgan fingerprint density at radius 2 is 0.559 bits per heavy atom. The van der Waals surface area contributed by atoms with E-state index in [0.717, 1.165) is 0 Å². The second-order valence-electron chi connectivity index (χ2n) is 18.2. The van der Waals surface area contributed by atoms with E-state index in [1.807, 2.05) is 0 Å². The van der Waals surface area contributed by atoms with Gasteiger partial charge in [-0.3, -0.25) is 0 Å². The van der Waals surface area contributed by atoms with Crippen molar-refractivity contribution < 1.29 is 60.5 Å². The molecule has 0 radical (unpaired) electrons. The van der Waals surface area contributed by atoms with Crippen molar-refractivity contribution in [1.29, 1.82) is 0 Å². The van der Waals surface area contributed by atoms with Crippen LogP contribution in [-0.4, -0.2) is 51.1 Å². The summed E-state index contributed by atoms with van der Waals surface area (Å²) >= 11 is 0. The molecule has 0 unspecified atom stereocenters. The van der Waals surface area contributed by atoms with Crippen LogP contribution in [0.25, 0.3) is 0 Å². The van der Waals surface area contributed by atoms with Gasteiger partial charge in [-0.15, -0.1) is 0 Å². The molecule has 0 aromatic heterocycles. The topological polar surface area (TPSA) is 221 Å². The lowest BCUT2D eigenvalue weighted by atomic mass is 9.55. The summed E-state index contributed by atoms with van der Waals surface area (Å²) in [5.41, 5.74) is 6.51. The Hall–Kier alpha value is -8.64. The Kier molecular flexibility index (Phi) is 8.97. The van der Waals surface area contributed by atoms with Crippen molar-refractivity contribution >= 4 is 0 Å². The lowest BCUT2D eigenvalue weighted by Gasteiger charge is -2.46. The highest BCUT2D eigenvalue weighted by Gasteiger charge is 2.55. The second kappa shape index (κ2) is 14.9. The number of phenolic OH excluding ortho intramolecular Hbond substituents is 10. The Labute approximate surface area is 388 Å². The Morgan fingerprint density at radius 1 is 0.265 bits per heavy atom. The summed E-state index contributed by atoms with van der Waals surface area (Å²) in [5.74, 6) is -6.01. The van der Waals surface area contributed by atoms with Crippen molar-refractivity contribution in [2.45, 2.75) is 47.7 Å². The van der Waals surface area contributed by atoms with Crippen LogP contribution in [0.1, 0.15) is 114 Å². The van der Waals surface area contributed by atoms with Gasteiger partial charge in [-0.1, -0.05) is 48.5 Å². The number of rotatable bonds is 4. The fourth-order valence-electron chi connectivity index (χ4n) is 12.0. The fraction of sp³-hybridized carbons (Fsp3) is 0.143. The number of hydrogen-bond donors (Lipinski definition) is 10. The van der Waals surface area contributed by atoms with Crippen LogP contribution in [0.4, 0.5) is 0 Å². The molecule has 0 saturated heterocycles. The van der Waals surface area contributed by atoms with Crippen LogP contribution in [0.2, 0.25) is 0 Å². The third kappa shape index (κ3) is 6.20. The number of phenols is 10. The zero-order chi connectivity index (χ0) is 46.9. The molecule has 8 atom stereocenters. The molecule has 8 aromatic carbocycles. The van der Waals surface area contributed by atoms with Gasteiger partial charge in [0.15, 0.2) is 0 Å². The first kappa shape index (κ1) is 40.8. The molecule has 0 bridgehead atoms. The van der Waals surface area contributed by atoms with Crippen molar-refractivity contribution in [3.63, 3.8) is 0 Å². The van der Waals surface area contributed by atoms with E-state index in [1.165, 1.54) is 48.5 Å². The van der Waals surface area contributed by atoms with E-state index >= 15 is 0 Å². The third-order valence-electron chi connectivity index (χ3n) is 14.5. The molecule has 0 fully saturated rings. The summed E-state index contributed by atoms with van der Waals surface area (Å²) in [6, 6.07) is 38.3. The van der Waals surface area contributed by atoms with Gasteiger partial charge in [-0.05, 0) is 117 Å². The molecule has 0 saturated carbocycles. The van der Waals surface area contributed by atoms with Crippen LogP contribution in [0.15, 0.2) is 146 Å². The minimum absolute atomic E-state index is 0.0236. The van der Waals surface area contributed by atoms with E-state index in [2.05, 4.69) is 0 Å². The Balaban J connectivity index is 1.29. The van der Waals surface area contributed by atoms with E-state index in [0.29, 0.717) is 78.3 Å². The lowest BCUT2D eigenvalue weighted by Crippen LogP contribution is -2.33. The monoisotopic (exact) mass is 906 g/mol. The van der Waals surface area contributed by atoms with Crippen molar-refractivity contribution in [2.24, 2.45) is 0 Å². The van der Waals surface area contributed by atoms with E-state index in [-0.39, 0.29) is 57.5 Å². The van der Waals surface area contributed by atoms with Crippen LogP contribution in [0.5, 0.6) is 69.0 Å². The summed E-state index contributed by atoms with van der Waals surface area (Å²) in [6.45, 7) is 0. The third-order valence-corrected chi connectivity index (χ3v) is 14.5. The molecule has 12 nitrogen and oxygen atoms in total. The van der Waals surface area contributed by atoms with Crippen molar-refractivity contribution in [3.8, 4) is 69.0 Å². The van der Waals surface area contributed by atoms with E-state index in [1.54, 1.807) is 97.1 Å². The molecule has 10 N–H and O–H groups in total. The molecule has 0 spiro atoms. The van der Waals surface area contributed by atoms with Gasteiger partial charge < -0.3 is 60.5 Å². The van der Waals surface area contributed by atoms with E-state index in [9.17, 15) is 51.1 Å². The molecule has 68 heavy (non-hydrogen) atoms. The van der Waals surface area contributed by atoms with Crippen molar-refractivity contribution in [2.75, 3.05) is 0 Å². The van der Waals surface area contributed by atoms with Gasteiger partial charge in [0.1, 0.15) is 81.2 Å². The standard InChI is InChI=1S/C56H42O12/c57-29-9-1-25(2-10-29)45-47-37(17-33(61)21-41(47)65)53-50-40(20-36(64)24-44(50)68-55(53)27-5-13-31(59)14-6-27)52-46(26-3-11-30(58)12-4-26)48-38(18-34(62)22-42(48)66)54-49-39(51(45)52)19-35(63)23-43(49)67-56(54)28-7-15-32(60)16-8-28/h1-24,45-46,51-66H/t45-,46-,51-,52+,53-,54+,55+,56-/m0/s1. The quantitative estimate of drug-likeness (QED) is 0.0797. The first-order valence-corrected chi connectivity index (χ1v) is 22.2. The number of fused-ring (bicyclic) bond motifs is 7. The van der Waals surface area contributed by atoms with Crippen LogP contribution < -0.4 is 9.47 Å². The largest absolute Gasteiger partial charge is 0.508 e. The van der Waals surface area contributed by atoms with Crippen LogP contribution in [-0.2, 0) is 0 Å². The van der Waals surface area contributed by atoms with Crippen molar-refractivity contribution in [3.05, 3.63) is 212 Å². The number of hydrogen-bond acceptors (Lipinski definition) is 12. The maximum atomic E-state index is 12.6. The minimum Gasteiger partial charge on any atom is -0.508 e. The molecule has 338 valence electrons. The smallest absolute Gasteiger partial charge is 0.135 e. The molecule has 2 heterocycles. The van der Waals surface area contributed by atoms with Gasteiger partial charge >= 0.3 is 0 Å². The van der Waals surface area contributed by atoms with E-state index in [4.69, 9.17) is 9.47 Å². The Morgan fingerprint density at radius 3 is 0.897 bits per heavy atom. The normalized spacial score (nSPS) is 22.6. The molecule has 8 aromatic rings. The first-order chi connectivity index (χ1) is 32.8. The lowest BCUT2D eigenvalue weighted by molar-refractivity contribution is 0.219. The summed E-state index contributed by atoms with van der Waals surface area (Å²) in [5, 5.41) is 115. The van der Waals surface area contributed by atoms with E-state index < -0.39 is 47.7 Å². The molecule has 12 rings (SSSR count). The molecule has 0 amide bonds. The average molecular weight is 907 g/mol. The molecule has 12 heteroatoms. The van der Waals surface area contributed by atoms with Gasteiger partial charge in [0, 0.05) is 70.2 Å². The van der Waals surface area contributed by atoms with Crippen LogP contribution >= 0.6 is 0 Å². The summed E-state index contributed by atoms with van der Waals surface area (Å²) in [6.07, 6.45) is -1.70. The predicted octanol–water partition coefficient (Wildman–Crippen LogP) is 10.4. The van der Waals surface area contributed by atoms with Gasteiger partial charge in [0.2, 0.25) is 0 Å². The molecule has 2 aliphatic carbocycles.